The molecule has 0 amide bonds. The average Bonchev–Trinajstić information content (AvgIpc) is 3.27. The molecule has 0 saturated carbocycles. The summed E-state index contributed by atoms with van der Waals surface area (Å²) < 4.78 is 6.54. The fourth-order valence-electron chi connectivity index (χ4n) is 4.57. The normalized spacial score (nSPS) is 12.0. The van der Waals surface area contributed by atoms with Gasteiger partial charge in [-0.05, 0) is 54.0 Å². The Balaban J connectivity index is 2.02. The van der Waals surface area contributed by atoms with Crippen LogP contribution in [0.5, 0.6) is 5.75 Å². The maximum absolute atomic E-state index is 12.6. The third kappa shape index (κ3) is 3.04. The Hall–Kier alpha value is -2.63. The maximum atomic E-state index is 12.6. The lowest BCUT2D eigenvalue weighted by Gasteiger charge is -2.31. The number of rotatable bonds is 6. The Morgan fingerprint density at radius 3 is 2.43 bits per heavy atom. The molecule has 156 valence electrons. The van der Waals surface area contributed by atoms with Crippen LogP contribution in [0.2, 0.25) is 0 Å². The second-order valence-electron chi connectivity index (χ2n) is 7.91. The summed E-state index contributed by atoms with van der Waals surface area (Å²) in [6, 6.07) is 12.7. The highest BCUT2D eigenvalue weighted by molar-refractivity contribution is 7.17. The first-order valence-electron chi connectivity index (χ1n) is 10.4. The van der Waals surface area contributed by atoms with Gasteiger partial charge in [0.2, 0.25) is 0 Å². The van der Waals surface area contributed by atoms with Gasteiger partial charge in [0.25, 0.3) is 5.56 Å². The van der Waals surface area contributed by atoms with Crippen molar-refractivity contribution >= 4 is 32.3 Å². The fourth-order valence-corrected chi connectivity index (χ4v) is 5.37. The highest BCUT2D eigenvalue weighted by atomic mass is 32.1. The molecule has 0 aliphatic heterocycles. The van der Waals surface area contributed by atoms with Crippen LogP contribution in [0.3, 0.4) is 0 Å². The number of methoxy groups -OCH3 is 1. The highest BCUT2D eigenvalue weighted by Gasteiger charge is 2.27. The quantitative estimate of drug-likeness (QED) is 0.418. The first kappa shape index (κ1) is 20.6. The molecule has 0 aliphatic carbocycles. The zero-order chi connectivity index (χ0) is 21.5. The molecule has 3 N–H and O–H groups in total. The topological polar surface area (TPSA) is 68.1 Å². The number of aromatic amines is 1. The third-order valence-electron chi connectivity index (χ3n) is 6.62. The number of H-pyrrole nitrogens is 1. The number of fused-ring (bicyclic) bond motifs is 3. The lowest BCUT2D eigenvalue weighted by molar-refractivity contribution is 0.407. The van der Waals surface area contributed by atoms with E-state index < -0.39 is 0 Å². The molecular formula is C25H28N2O2S. The Kier molecular flexibility index (Phi) is 5.43. The van der Waals surface area contributed by atoms with Crippen molar-refractivity contribution in [1.82, 2.24) is 4.98 Å². The van der Waals surface area contributed by atoms with Crippen LogP contribution >= 0.6 is 11.3 Å². The molecule has 0 atom stereocenters. The minimum Gasteiger partial charge on any atom is -0.496 e. The summed E-state index contributed by atoms with van der Waals surface area (Å²) in [6.45, 7) is 7.03. The van der Waals surface area contributed by atoms with Gasteiger partial charge in [-0.3, -0.25) is 4.79 Å². The van der Waals surface area contributed by atoms with Crippen molar-refractivity contribution in [3.05, 3.63) is 63.3 Å². The van der Waals surface area contributed by atoms with E-state index in [1.807, 2.05) is 24.4 Å². The van der Waals surface area contributed by atoms with Crippen LogP contribution in [0, 0.1) is 6.92 Å². The van der Waals surface area contributed by atoms with Crippen LogP contribution in [0.15, 0.2) is 46.6 Å². The molecule has 0 aliphatic rings. The number of ether oxygens (including phenoxy) is 1. The summed E-state index contributed by atoms with van der Waals surface area (Å²) in [4.78, 5) is 15.7. The third-order valence-corrected chi connectivity index (χ3v) is 7.53. The lowest BCUT2D eigenvalue weighted by atomic mass is 9.75. The lowest BCUT2D eigenvalue weighted by Crippen LogP contribution is -2.33. The standard InChI is InChI=1S/C25H28N2O2S/c1-5-25(6-2,14-26)17-9-7-16(8-10-17)20-19(29-4)13-15(3)22-21(20)18-11-12-30-23(18)24(28)27-22/h7-13H,5-6,14,26H2,1-4H3,(H,27,28). The number of aromatic nitrogens is 1. The molecule has 5 heteroatoms. The number of nitrogens with two attached hydrogens (primary N) is 1. The molecule has 0 spiro atoms. The summed E-state index contributed by atoms with van der Waals surface area (Å²) in [7, 11) is 1.70. The van der Waals surface area contributed by atoms with E-state index >= 15 is 0 Å². The van der Waals surface area contributed by atoms with Crippen LogP contribution < -0.4 is 16.0 Å². The molecule has 2 aromatic carbocycles. The Labute approximate surface area is 180 Å². The van der Waals surface area contributed by atoms with Crippen molar-refractivity contribution in [1.29, 1.82) is 0 Å². The molecule has 30 heavy (non-hydrogen) atoms. The molecule has 0 saturated heterocycles. The maximum Gasteiger partial charge on any atom is 0.266 e. The van der Waals surface area contributed by atoms with E-state index in [0.29, 0.717) is 6.54 Å². The van der Waals surface area contributed by atoms with Gasteiger partial charge in [0.05, 0.1) is 12.6 Å². The van der Waals surface area contributed by atoms with E-state index in [1.165, 1.54) is 16.9 Å². The predicted octanol–water partition coefficient (Wildman–Crippen LogP) is 5.74. The Morgan fingerprint density at radius 1 is 1.13 bits per heavy atom. The van der Waals surface area contributed by atoms with Gasteiger partial charge in [0.1, 0.15) is 10.4 Å². The van der Waals surface area contributed by atoms with E-state index in [4.69, 9.17) is 10.5 Å². The van der Waals surface area contributed by atoms with Crippen molar-refractivity contribution < 1.29 is 4.74 Å². The molecular weight excluding hydrogens is 392 g/mol. The van der Waals surface area contributed by atoms with Gasteiger partial charge in [0.15, 0.2) is 0 Å². The minimum absolute atomic E-state index is 0.00379. The van der Waals surface area contributed by atoms with Crippen LogP contribution in [-0.4, -0.2) is 18.6 Å². The molecule has 2 heterocycles. The second-order valence-corrected chi connectivity index (χ2v) is 8.82. The first-order valence-corrected chi connectivity index (χ1v) is 11.3. The van der Waals surface area contributed by atoms with E-state index in [1.54, 1.807) is 7.11 Å². The predicted molar refractivity (Wildman–Crippen MR) is 128 cm³/mol. The monoisotopic (exact) mass is 420 g/mol. The zero-order valence-corrected chi connectivity index (χ0v) is 18.8. The Morgan fingerprint density at radius 2 is 1.83 bits per heavy atom. The summed E-state index contributed by atoms with van der Waals surface area (Å²) >= 11 is 1.47. The van der Waals surface area contributed by atoms with Gasteiger partial charge < -0.3 is 15.5 Å². The van der Waals surface area contributed by atoms with Crippen molar-refractivity contribution in [2.24, 2.45) is 5.73 Å². The van der Waals surface area contributed by atoms with Gasteiger partial charge in [0, 0.05) is 28.3 Å². The van der Waals surface area contributed by atoms with Crippen molar-refractivity contribution in [2.75, 3.05) is 13.7 Å². The molecule has 2 aromatic heterocycles. The van der Waals surface area contributed by atoms with Gasteiger partial charge in [-0.2, -0.15) is 0 Å². The van der Waals surface area contributed by atoms with Crippen molar-refractivity contribution in [3.63, 3.8) is 0 Å². The average molecular weight is 421 g/mol. The van der Waals surface area contributed by atoms with E-state index in [2.05, 4.69) is 43.1 Å². The van der Waals surface area contributed by atoms with Crippen molar-refractivity contribution in [3.8, 4) is 16.9 Å². The van der Waals surface area contributed by atoms with Crippen LogP contribution in [0.4, 0.5) is 0 Å². The fraction of sp³-hybridized carbons (Fsp3) is 0.320. The largest absolute Gasteiger partial charge is 0.496 e. The van der Waals surface area contributed by atoms with Crippen LogP contribution in [-0.2, 0) is 5.41 Å². The second kappa shape index (κ2) is 7.89. The van der Waals surface area contributed by atoms with Gasteiger partial charge in [-0.1, -0.05) is 38.1 Å². The molecule has 4 rings (SSSR count). The van der Waals surface area contributed by atoms with Gasteiger partial charge in [-0.25, -0.2) is 0 Å². The number of pyridine rings is 1. The SMILES string of the molecule is CCC(CC)(CN)c1ccc(-c2c(OC)cc(C)c3[nH]c(=O)c4sccc4c23)cc1. The molecule has 4 nitrogen and oxygen atoms in total. The number of aryl methyl sites for hydroxylation is 1. The highest BCUT2D eigenvalue weighted by Crippen LogP contribution is 2.42. The van der Waals surface area contributed by atoms with Gasteiger partial charge >= 0.3 is 0 Å². The minimum atomic E-state index is -0.0410. The molecule has 4 aromatic rings. The van der Waals surface area contributed by atoms with Crippen LogP contribution in [0.25, 0.3) is 32.1 Å². The molecule has 0 bridgehead atoms. The van der Waals surface area contributed by atoms with E-state index in [9.17, 15) is 4.79 Å². The first-order chi connectivity index (χ1) is 14.5. The van der Waals surface area contributed by atoms with E-state index in [-0.39, 0.29) is 11.0 Å². The summed E-state index contributed by atoms with van der Waals surface area (Å²) in [5.74, 6) is 0.809. The summed E-state index contributed by atoms with van der Waals surface area (Å²) in [5.41, 5.74) is 11.3. The Bertz CT molecular complexity index is 1260. The number of hydrogen-bond acceptors (Lipinski definition) is 4. The molecule has 0 fully saturated rings. The molecule has 0 unspecified atom stereocenters. The molecule has 0 radical (unpaired) electrons. The summed E-state index contributed by atoms with van der Waals surface area (Å²) in [5, 5.41) is 3.98. The number of benzene rings is 2. The smallest absolute Gasteiger partial charge is 0.266 e. The van der Waals surface area contributed by atoms with Gasteiger partial charge in [-0.15, -0.1) is 11.3 Å². The van der Waals surface area contributed by atoms with Crippen molar-refractivity contribution in [2.45, 2.75) is 39.0 Å². The van der Waals surface area contributed by atoms with E-state index in [0.717, 1.165) is 56.3 Å². The zero-order valence-electron chi connectivity index (χ0n) is 18.0. The summed E-state index contributed by atoms with van der Waals surface area (Å²) in [6.07, 6.45) is 2.01. The number of nitrogens with one attached hydrogen (secondary N) is 1. The number of thiophene rings is 1. The number of hydrogen-bond donors (Lipinski definition) is 2. The van der Waals surface area contributed by atoms with Crippen LogP contribution in [0.1, 0.15) is 37.8 Å².